The fraction of sp³-hybridized carbons (Fsp3) is 0.333. The predicted molar refractivity (Wildman–Crippen MR) is 75.3 cm³/mol. The molecule has 0 saturated heterocycles. The summed E-state index contributed by atoms with van der Waals surface area (Å²) in [4.78, 5) is 24.5. The highest BCUT2D eigenvalue weighted by molar-refractivity contribution is 5.48. The van der Waals surface area contributed by atoms with Gasteiger partial charge < -0.3 is 0 Å². The van der Waals surface area contributed by atoms with E-state index in [-0.39, 0.29) is 23.5 Å². The van der Waals surface area contributed by atoms with Gasteiger partial charge >= 0.3 is 11.4 Å². The van der Waals surface area contributed by atoms with Crippen LogP contribution in [0.3, 0.4) is 0 Å². The Bertz CT molecular complexity index is 825. The molecule has 5 heteroatoms. The van der Waals surface area contributed by atoms with Gasteiger partial charge in [-0.3, -0.25) is 0 Å². The van der Waals surface area contributed by atoms with Gasteiger partial charge in [-0.15, -0.1) is 0 Å². The Morgan fingerprint density at radius 1 is 0.850 bits per heavy atom. The summed E-state index contributed by atoms with van der Waals surface area (Å²) < 4.78 is 4.33. The van der Waals surface area contributed by atoms with Gasteiger partial charge in [0.1, 0.15) is 0 Å². The van der Waals surface area contributed by atoms with Crippen LogP contribution in [-0.2, 0) is 7.05 Å². The largest absolute Gasteiger partial charge is 0.347 e. The molecule has 0 radical (unpaired) electrons. The lowest BCUT2D eigenvalue weighted by molar-refractivity contribution is 0.371. The molecule has 1 aliphatic carbocycles. The molecule has 2 atom stereocenters. The van der Waals surface area contributed by atoms with Crippen molar-refractivity contribution in [2.24, 2.45) is 7.05 Å². The summed E-state index contributed by atoms with van der Waals surface area (Å²) in [6.45, 7) is 4.14. The minimum Gasteiger partial charge on any atom is -0.246 e. The average Bonchev–Trinajstić information content (AvgIpc) is 2.67. The summed E-state index contributed by atoms with van der Waals surface area (Å²) in [6.07, 6.45) is 4.03. The Morgan fingerprint density at radius 2 is 1.25 bits per heavy atom. The molecule has 2 aromatic rings. The van der Waals surface area contributed by atoms with Crippen molar-refractivity contribution in [3.05, 3.63) is 67.5 Å². The fourth-order valence-corrected chi connectivity index (χ4v) is 3.30. The van der Waals surface area contributed by atoms with Crippen LogP contribution < -0.4 is 11.4 Å². The molecule has 1 aromatic heterocycles. The van der Waals surface area contributed by atoms with Crippen molar-refractivity contribution in [1.82, 2.24) is 13.9 Å². The second kappa shape index (κ2) is 3.42. The van der Waals surface area contributed by atoms with E-state index in [0.717, 1.165) is 11.1 Å². The smallest absolute Gasteiger partial charge is 0.246 e. The number of allylic oxidation sites excluding steroid dienone is 2. The molecule has 0 N–H and O–H groups in total. The maximum absolute atomic E-state index is 12.3. The standard InChI is InChI=1S/C15H15N3O2/c1-8-6-10-11(7-9(8)2)13-5-4-12(10)17-14(19)16(3)15(20)18(13)17/h4-7,12-13H,1-3H3/t12-,13+. The van der Waals surface area contributed by atoms with Crippen LogP contribution in [0.2, 0.25) is 0 Å². The quantitative estimate of drug-likeness (QED) is 0.671. The predicted octanol–water partition coefficient (Wildman–Crippen LogP) is 1.03. The van der Waals surface area contributed by atoms with Gasteiger partial charge in [-0.25, -0.2) is 23.5 Å². The minimum absolute atomic E-state index is 0.171. The maximum atomic E-state index is 12.3. The summed E-state index contributed by atoms with van der Waals surface area (Å²) in [5.41, 5.74) is 4.18. The van der Waals surface area contributed by atoms with Crippen molar-refractivity contribution in [3.63, 3.8) is 0 Å². The second-order valence-electron chi connectivity index (χ2n) is 5.65. The van der Waals surface area contributed by atoms with E-state index in [9.17, 15) is 9.59 Å². The first-order valence-electron chi connectivity index (χ1n) is 6.70. The van der Waals surface area contributed by atoms with E-state index in [2.05, 4.69) is 26.0 Å². The number of aromatic nitrogens is 3. The molecule has 0 saturated carbocycles. The van der Waals surface area contributed by atoms with E-state index in [4.69, 9.17) is 0 Å². The number of aryl methyl sites for hydroxylation is 2. The van der Waals surface area contributed by atoms with Crippen LogP contribution in [-0.4, -0.2) is 13.9 Å². The lowest BCUT2D eigenvalue weighted by Gasteiger charge is -2.36. The van der Waals surface area contributed by atoms with Crippen LogP contribution in [0.1, 0.15) is 34.3 Å². The Balaban J connectivity index is 2.12. The monoisotopic (exact) mass is 269 g/mol. The number of rotatable bonds is 0. The molecule has 0 amide bonds. The average molecular weight is 269 g/mol. The van der Waals surface area contributed by atoms with Crippen molar-refractivity contribution >= 4 is 0 Å². The third kappa shape index (κ3) is 1.13. The molecule has 3 heterocycles. The first-order valence-corrected chi connectivity index (χ1v) is 6.70. The molecular weight excluding hydrogens is 254 g/mol. The van der Waals surface area contributed by atoms with Gasteiger partial charge in [0.15, 0.2) is 0 Å². The molecule has 20 heavy (non-hydrogen) atoms. The number of hydrogen-bond acceptors (Lipinski definition) is 2. The van der Waals surface area contributed by atoms with Crippen LogP contribution in [0.25, 0.3) is 0 Å². The molecule has 2 aliphatic heterocycles. The van der Waals surface area contributed by atoms with Gasteiger partial charge in [0.25, 0.3) is 0 Å². The van der Waals surface area contributed by atoms with Crippen molar-refractivity contribution in [3.8, 4) is 0 Å². The van der Waals surface area contributed by atoms with E-state index >= 15 is 0 Å². The SMILES string of the molecule is Cc1cc2c(cc1C)[C@@H]1C=C[C@H]2n2c(=O)n(C)c(=O)n21. The topological polar surface area (TPSA) is 48.9 Å². The molecule has 0 fully saturated rings. The Hall–Kier alpha value is -2.30. The van der Waals surface area contributed by atoms with Gasteiger partial charge in [-0.2, -0.15) is 0 Å². The lowest BCUT2D eigenvalue weighted by Crippen LogP contribution is -2.40. The highest BCUT2D eigenvalue weighted by atomic mass is 16.2. The Morgan fingerprint density at radius 3 is 1.65 bits per heavy atom. The Labute approximate surface area is 115 Å². The molecule has 2 bridgehead atoms. The summed E-state index contributed by atoms with van der Waals surface area (Å²) in [5.74, 6) is 0. The van der Waals surface area contributed by atoms with Crippen LogP contribution in [0.4, 0.5) is 0 Å². The summed E-state index contributed by atoms with van der Waals surface area (Å²) in [6, 6.07) is 3.93. The first kappa shape index (κ1) is 11.5. The maximum Gasteiger partial charge on any atom is 0.347 e. The molecule has 5 rings (SSSR count). The molecule has 1 aromatic carbocycles. The van der Waals surface area contributed by atoms with Crippen molar-refractivity contribution < 1.29 is 0 Å². The zero-order valence-corrected chi connectivity index (χ0v) is 11.6. The van der Waals surface area contributed by atoms with Crippen molar-refractivity contribution in [1.29, 1.82) is 0 Å². The van der Waals surface area contributed by atoms with Crippen molar-refractivity contribution in [2.75, 3.05) is 0 Å². The molecule has 102 valence electrons. The van der Waals surface area contributed by atoms with E-state index in [0.29, 0.717) is 0 Å². The first-order chi connectivity index (χ1) is 9.50. The summed E-state index contributed by atoms with van der Waals surface area (Å²) in [7, 11) is 1.53. The molecule has 5 nitrogen and oxygen atoms in total. The van der Waals surface area contributed by atoms with Gasteiger partial charge in [0, 0.05) is 7.05 Å². The van der Waals surface area contributed by atoms with E-state index in [1.165, 1.54) is 22.7 Å². The zero-order valence-electron chi connectivity index (χ0n) is 11.6. The highest BCUT2D eigenvalue weighted by Crippen LogP contribution is 2.40. The number of nitrogens with zero attached hydrogens (tertiary/aromatic N) is 3. The van der Waals surface area contributed by atoms with E-state index in [1.807, 2.05) is 12.2 Å². The second-order valence-corrected chi connectivity index (χ2v) is 5.65. The third-order valence-electron chi connectivity index (χ3n) is 4.54. The van der Waals surface area contributed by atoms with Gasteiger partial charge in [-0.1, -0.05) is 24.3 Å². The Kier molecular flexibility index (Phi) is 1.97. The van der Waals surface area contributed by atoms with Crippen LogP contribution in [0.15, 0.2) is 33.9 Å². The van der Waals surface area contributed by atoms with Gasteiger partial charge in [-0.05, 0) is 36.1 Å². The van der Waals surface area contributed by atoms with E-state index in [1.54, 1.807) is 9.36 Å². The summed E-state index contributed by atoms with van der Waals surface area (Å²) >= 11 is 0. The fourth-order valence-electron chi connectivity index (χ4n) is 3.30. The van der Waals surface area contributed by atoms with Crippen LogP contribution >= 0.6 is 0 Å². The zero-order chi connectivity index (χ0) is 14.2. The van der Waals surface area contributed by atoms with Crippen LogP contribution in [0, 0.1) is 13.8 Å². The molecule has 0 unspecified atom stereocenters. The number of benzene rings is 1. The normalized spacial score (nSPS) is 21.9. The lowest BCUT2D eigenvalue weighted by atomic mass is 9.85. The van der Waals surface area contributed by atoms with Crippen molar-refractivity contribution in [2.45, 2.75) is 25.9 Å². The van der Waals surface area contributed by atoms with Gasteiger partial charge in [0.2, 0.25) is 0 Å². The number of hydrogen-bond donors (Lipinski definition) is 0. The molecular formula is C15H15N3O2. The molecule has 3 aliphatic rings. The molecule has 0 spiro atoms. The van der Waals surface area contributed by atoms with Gasteiger partial charge in [0.05, 0.1) is 12.1 Å². The highest BCUT2D eigenvalue weighted by Gasteiger charge is 2.37. The third-order valence-corrected chi connectivity index (χ3v) is 4.54. The summed E-state index contributed by atoms with van der Waals surface area (Å²) in [5, 5.41) is 0. The van der Waals surface area contributed by atoms with Crippen LogP contribution in [0.5, 0.6) is 0 Å². The van der Waals surface area contributed by atoms with E-state index < -0.39 is 0 Å². The minimum atomic E-state index is -0.252.